The summed E-state index contributed by atoms with van der Waals surface area (Å²) in [6.45, 7) is 1.77. The quantitative estimate of drug-likeness (QED) is 0.858. The number of amides is 2. The van der Waals surface area contributed by atoms with Gasteiger partial charge in [-0.1, -0.05) is 6.07 Å². The second-order valence-electron chi connectivity index (χ2n) is 4.35. The van der Waals surface area contributed by atoms with Gasteiger partial charge in [-0.05, 0) is 24.6 Å². The number of nitrogens with zero attached hydrogens (tertiary/aromatic N) is 1. The number of nitrogens with one attached hydrogen (secondary N) is 2. The van der Waals surface area contributed by atoms with E-state index in [2.05, 4.69) is 15.6 Å². The van der Waals surface area contributed by atoms with E-state index in [-0.39, 0.29) is 17.8 Å². The minimum absolute atomic E-state index is 0.0594. The van der Waals surface area contributed by atoms with Gasteiger partial charge in [-0.25, -0.2) is 0 Å². The molecule has 0 radical (unpaired) electrons. The lowest BCUT2D eigenvalue weighted by Crippen LogP contribution is -2.12. The highest BCUT2D eigenvalue weighted by Crippen LogP contribution is 2.24. The Kier molecular flexibility index (Phi) is 2.56. The summed E-state index contributed by atoms with van der Waals surface area (Å²) in [4.78, 5) is 27.2. The molecule has 0 saturated heterocycles. The van der Waals surface area contributed by atoms with Gasteiger partial charge >= 0.3 is 6.01 Å². The normalized spacial score (nSPS) is 13.0. The van der Waals surface area contributed by atoms with Gasteiger partial charge < -0.3 is 9.73 Å². The summed E-state index contributed by atoms with van der Waals surface area (Å²) >= 11 is 0. The number of aryl methyl sites for hydroxylation is 1. The molecule has 0 bridgehead atoms. The molecule has 1 aliphatic rings. The zero-order chi connectivity index (χ0) is 13.4. The van der Waals surface area contributed by atoms with Crippen LogP contribution >= 0.6 is 0 Å². The summed E-state index contributed by atoms with van der Waals surface area (Å²) in [6.07, 6.45) is 1.81. The molecule has 0 atom stereocenters. The van der Waals surface area contributed by atoms with Gasteiger partial charge in [-0.3, -0.25) is 14.9 Å². The molecule has 2 heterocycles. The largest absolute Gasteiger partial charge is 0.432 e. The third-order valence-corrected chi connectivity index (χ3v) is 2.84. The van der Waals surface area contributed by atoms with Crippen molar-refractivity contribution in [2.75, 3.05) is 10.6 Å². The van der Waals surface area contributed by atoms with Crippen LogP contribution in [-0.2, 0) is 11.2 Å². The van der Waals surface area contributed by atoms with Crippen molar-refractivity contribution < 1.29 is 14.0 Å². The summed E-state index contributed by atoms with van der Waals surface area (Å²) in [6, 6.07) is 5.24. The van der Waals surface area contributed by atoms with Crippen LogP contribution in [0.5, 0.6) is 0 Å². The Bertz CT molecular complexity index is 676. The molecule has 96 valence electrons. The molecule has 0 fully saturated rings. The van der Waals surface area contributed by atoms with Gasteiger partial charge in [-0.2, -0.15) is 4.98 Å². The molecule has 3 rings (SSSR count). The van der Waals surface area contributed by atoms with Crippen LogP contribution in [0.2, 0.25) is 0 Å². The molecule has 1 aromatic carbocycles. The maximum Gasteiger partial charge on any atom is 0.301 e. The van der Waals surface area contributed by atoms with E-state index in [1.165, 1.54) is 6.26 Å². The maximum atomic E-state index is 12.0. The molecular formula is C13H11N3O3. The van der Waals surface area contributed by atoms with Crippen LogP contribution in [0.25, 0.3) is 0 Å². The minimum Gasteiger partial charge on any atom is -0.432 e. The van der Waals surface area contributed by atoms with Crippen LogP contribution in [0.3, 0.4) is 0 Å². The molecule has 6 heteroatoms. The highest BCUT2D eigenvalue weighted by molar-refractivity contribution is 6.06. The van der Waals surface area contributed by atoms with Gasteiger partial charge in [0.25, 0.3) is 5.91 Å². The van der Waals surface area contributed by atoms with E-state index in [1.807, 2.05) is 0 Å². The third-order valence-electron chi connectivity index (χ3n) is 2.84. The van der Waals surface area contributed by atoms with Gasteiger partial charge in [0.05, 0.1) is 12.1 Å². The highest BCUT2D eigenvalue weighted by Gasteiger charge is 2.19. The van der Waals surface area contributed by atoms with Crippen LogP contribution in [-0.4, -0.2) is 16.8 Å². The number of carbonyl (C=O) groups excluding carboxylic acids is 2. The molecule has 0 aliphatic carbocycles. The highest BCUT2D eigenvalue weighted by atomic mass is 16.4. The van der Waals surface area contributed by atoms with Gasteiger partial charge in [0, 0.05) is 11.3 Å². The fourth-order valence-corrected chi connectivity index (χ4v) is 1.94. The second kappa shape index (κ2) is 4.24. The van der Waals surface area contributed by atoms with Gasteiger partial charge in [0.1, 0.15) is 6.26 Å². The monoisotopic (exact) mass is 257 g/mol. The fourth-order valence-electron chi connectivity index (χ4n) is 1.94. The summed E-state index contributed by atoms with van der Waals surface area (Å²) in [7, 11) is 0. The minimum atomic E-state index is -0.328. The zero-order valence-corrected chi connectivity index (χ0v) is 10.2. The first kappa shape index (κ1) is 11.5. The summed E-state index contributed by atoms with van der Waals surface area (Å²) < 4.78 is 5.05. The molecule has 0 saturated carbocycles. The molecule has 1 aliphatic heterocycles. The summed E-state index contributed by atoms with van der Waals surface area (Å²) in [5.74, 6) is -0.387. The predicted octanol–water partition coefficient (Wildman–Crippen LogP) is 1.73. The first-order valence-corrected chi connectivity index (χ1v) is 5.78. The van der Waals surface area contributed by atoms with Gasteiger partial charge in [0.15, 0.2) is 0 Å². The van der Waals surface area contributed by atoms with Crippen molar-refractivity contribution in [3.63, 3.8) is 0 Å². The number of fused-ring (bicyclic) bond motifs is 1. The third kappa shape index (κ3) is 2.20. The standard InChI is InChI=1S/C13H11N3O3/c1-7-6-19-13(14-7)16-12(18)9-3-2-8-5-11(17)15-10(8)4-9/h2-4,6H,5H2,1H3,(H,15,17)(H,14,16,18). The lowest BCUT2D eigenvalue weighted by atomic mass is 10.1. The Morgan fingerprint density at radius 2 is 2.32 bits per heavy atom. The van der Waals surface area contributed by atoms with Crippen molar-refractivity contribution in [2.24, 2.45) is 0 Å². The average Bonchev–Trinajstić information content (AvgIpc) is 2.93. The molecule has 0 unspecified atom stereocenters. The molecule has 19 heavy (non-hydrogen) atoms. The molecular weight excluding hydrogens is 246 g/mol. The first-order valence-electron chi connectivity index (χ1n) is 5.78. The van der Waals surface area contributed by atoms with Crippen molar-refractivity contribution in [1.29, 1.82) is 0 Å². The molecule has 6 nitrogen and oxygen atoms in total. The fraction of sp³-hybridized carbons (Fsp3) is 0.154. The van der Waals surface area contributed by atoms with Gasteiger partial charge in [0.2, 0.25) is 5.91 Å². The smallest absolute Gasteiger partial charge is 0.301 e. The molecule has 2 aromatic rings. The van der Waals surface area contributed by atoms with E-state index in [9.17, 15) is 9.59 Å². The SMILES string of the molecule is Cc1coc(NC(=O)c2ccc3c(c2)NC(=O)C3)n1. The summed E-state index contributed by atoms with van der Waals surface area (Å²) in [5.41, 5.74) is 2.71. The number of aromatic nitrogens is 1. The van der Waals surface area contributed by atoms with Crippen LogP contribution in [0.15, 0.2) is 28.9 Å². The van der Waals surface area contributed by atoms with Gasteiger partial charge in [-0.15, -0.1) is 0 Å². The first-order chi connectivity index (χ1) is 9.11. The van der Waals surface area contributed by atoms with E-state index in [0.717, 1.165) is 5.56 Å². The summed E-state index contributed by atoms with van der Waals surface area (Å²) in [5, 5.41) is 5.25. The topological polar surface area (TPSA) is 84.2 Å². The molecule has 1 aromatic heterocycles. The van der Waals surface area contributed by atoms with Crippen molar-refractivity contribution in [1.82, 2.24) is 4.98 Å². The van der Waals surface area contributed by atoms with Crippen LogP contribution < -0.4 is 10.6 Å². The lowest BCUT2D eigenvalue weighted by Gasteiger charge is -2.03. The van der Waals surface area contributed by atoms with Crippen LogP contribution in [0, 0.1) is 6.92 Å². The van der Waals surface area contributed by atoms with Crippen LogP contribution in [0.4, 0.5) is 11.7 Å². The maximum absolute atomic E-state index is 12.0. The Labute approximate surface area is 108 Å². The van der Waals surface area contributed by atoms with Crippen molar-refractivity contribution in [3.8, 4) is 0 Å². The Morgan fingerprint density at radius 1 is 1.47 bits per heavy atom. The van der Waals surface area contributed by atoms with E-state index in [0.29, 0.717) is 23.4 Å². The molecule has 2 amide bonds. The number of rotatable bonds is 2. The Balaban J connectivity index is 1.81. The van der Waals surface area contributed by atoms with Crippen molar-refractivity contribution >= 4 is 23.5 Å². The van der Waals surface area contributed by atoms with E-state index in [4.69, 9.17) is 4.42 Å². The number of anilines is 2. The number of oxazole rings is 1. The number of hydrogen-bond donors (Lipinski definition) is 2. The number of carbonyl (C=O) groups is 2. The zero-order valence-electron chi connectivity index (χ0n) is 10.2. The van der Waals surface area contributed by atoms with Crippen molar-refractivity contribution in [2.45, 2.75) is 13.3 Å². The number of benzene rings is 1. The Hall–Kier alpha value is -2.63. The van der Waals surface area contributed by atoms with Crippen molar-refractivity contribution in [3.05, 3.63) is 41.3 Å². The van der Waals surface area contributed by atoms with E-state index >= 15 is 0 Å². The van der Waals surface area contributed by atoms with E-state index < -0.39 is 0 Å². The number of hydrogen-bond acceptors (Lipinski definition) is 4. The Morgan fingerprint density at radius 3 is 3.05 bits per heavy atom. The average molecular weight is 257 g/mol. The second-order valence-corrected chi connectivity index (χ2v) is 4.35. The lowest BCUT2D eigenvalue weighted by molar-refractivity contribution is -0.115. The molecule has 0 spiro atoms. The van der Waals surface area contributed by atoms with E-state index in [1.54, 1.807) is 25.1 Å². The van der Waals surface area contributed by atoms with Crippen LogP contribution in [0.1, 0.15) is 21.6 Å². The predicted molar refractivity (Wildman–Crippen MR) is 68.0 cm³/mol. The molecule has 2 N–H and O–H groups in total.